The molecule has 1 amide bonds. The zero-order chi connectivity index (χ0) is 13.0. The minimum Gasteiger partial charge on any atom is -0.484 e. The highest BCUT2D eigenvalue weighted by Gasteiger charge is 2.27. The number of carbonyl (C=O) groups is 1. The van der Waals surface area contributed by atoms with E-state index >= 15 is 0 Å². The van der Waals surface area contributed by atoms with Crippen LogP contribution in [0, 0.1) is 0 Å². The number of hydrogen-bond acceptors (Lipinski definition) is 3. The maximum atomic E-state index is 11.9. The van der Waals surface area contributed by atoms with Crippen LogP contribution in [-0.4, -0.2) is 41.7 Å². The number of amides is 1. The summed E-state index contributed by atoms with van der Waals surface area (Å²) in [4.78, 5) is 13.6. The van der Waals surface area contributed by atoms with Crippen LogP contribution in [0.1, 0.15) is 12.8 Å². The summed E-state index contributed by atoms with van der Waals surface area (Å²) in [6.07, 6.45) is 1.83. The molecule has 1 heterocycles. The van der Waals surface area contributed by atoms with Crippen LogP contribution in [0.4, 0.5) is 0 Å². The van der Waals surface area contributed by atoms with Gasteiger partial charge in [0.2, 0.25) is 0 Å². The predicted molar refractivity (Wildman–Crippen MR) is 71.5 cm³/mol. The first-order valence-electron chi connectivity index (χ1n) is 5.99. The SMILES string of the molecule is O=C(COc1ccc(Br)cc1)N1CCC[C@@H]1CO. The Balaban J connectivity index is 1.86. The number of hydrogen-bond donors (Lipinski definition) is 1. The molecule has 1 saturated heterocycles. The van der Waals surface area contributed by atoms with Crippen molar-refractivity contribution in [3.8, 4) is 5.75 Å². The fraction of sp³-hybridized carbons (Fsp3) is 0.462. The molecule has 18 heavy (non-hydrogen) atoms. The molecule has 1 N–H and O–H groups in total. The summed E-state index contributed by atoms with van der Waals surface area (Å²) < 4.78 is 6.41. The third-order valence-electron chi connectivity index (χ3n) is 3.08. The molecule has 98 valence electrons. The fourth-order valence-corrected chi connectivity index (χ4v) is 2.38. The number of aliphatic hydroxyl groups excluding tert-OH is 1. The average molecular weight is 314 g/mol. The van der Waals surface area contributed by atoms with E-state index in [9.17, 15) is 4.79 Å². The molecule has 1 aliphatic heterocycles. The van der Waals surface area contributed by atoms with E-state index in [1.807, 2.05) is 24.3 Å². The number of benzene rings is 1. The maximum Gasteiger partial charge on any atom is 0.260 e. The second-order valence-corrected chi connectivity index (χ2v) is 5.22. The number of carbonyl (C=O) groups excluding carboxylic acids is 1. The van der Waals surface area contributed by atoms with Crippen LogP contribution in [0.5, 0.6) is 5.75 Å². The molecule has 4 nitrogen and oxygen atoms in total. The van der Waals surface area contributed by atoms with Crippen molar-refractivity contribution in [1.29, 1.82) is 0 Å². The monoisotopic (exact) mass is 313 g/mol. The summed E-state index contributed by atoms with van der Waals surface area (Å²) in [5.41, 5.74) is 0. The molecule has 0 saturated carbocycles. The highest BCUT2D eigenvalue weighted by atomic mass is 79.9. The molecule has 5 heteroatoms. The van der Waals surface area contributed by atoms with E-state index in [1.54, 1.807) is 4.90 Å². The van der Waals surface area contributed by atoms with E-state index in [-0.39, 0.29) is 25.2 Å². The van der Waals surface area contributed by atoms with Crippen LogP contribution in [0.2, 0.25) is 0 Å². The van der Waals surface area contributed by atoms with Gasteiger partial charge in [-0.1, -0.05) is 15.9 Å². The summed E-state index contributed by atoms with van der Waals surface area (Å²) in [5.74, 6) is 0.612. The molecule has 0 aromatic heterocycles. The number of rotatable bonds is 4. The van der Waals surface area contributed by atoms with E-state index < -0.39 is 0 Å². The molecule has 0 bridgehead atoms. The molecule has 1 aromatic rings. The van der Waals surface area contributed by atoms with Crippen LogP contribution in [0.25, 0.3) is 0 Å². The number of aliphatic hydroxyl groups is 1. The topological polar surface area (TPSA) is 49.8 Å². The Labute approximate surface area is 115 Å². The number of ether oxygens (including phenoxy) is 1. The highest BCUT2D eigenvalue weighted by molar-refractivity contribution is 9.10. The lowest BCUT2D eigenvalue weighted by Gasteiger charge is -2.22. The van der Waals surface area contributed by atoms with Gasteiger partial charge in [0, 0.05) is 11.0 Å². The van der Waals surface area contributed by atoms with Crippen molar-refractivity contribution in [2.75, 3.05) is 19.8 Å². The molecule has 1 atom stereocenters. The Morgan fingerprint density at radius 3 is 2.83 bits per heavy atom. The molecule has 1 aromatic carbocycles. The Bertz CT molecular complexity index is 407. The molecule has 0 radical (unpaired) electrons. The molecule has 0 aliphatic carbocycles. The second-order valence-electron chi connectivity index (χ2n) is 4.31. The highest BCUT2D eigenvalue weighted by Crippen LogP contribution is 2.18. The van der Waals surface area contributed by atoms with Crippen molar-refractivity contribution >= 4 is 21.8 Å². The standard InChI is InChI=1S/C13H16BrNO3/c14-10-3-5-12(6-4-10)18-9-13(17)15-7-1-2-11(15)8-16/h3-6,11,16H,1-2,7-9H2/t11-/m1/s1. The first kappa shape index (κ1) is 13.4. The minimum atomic E-state index is -0.0607. The Kier molecular flexibility index (Phi) is 4.60. The predicted octanol–water partition coefficient (Wildman–Crippen LogP) is 1.81. The van der Waals surface area contributed by atoms with Gasteiger partial charge in [0.1, 0.15) is 5.75 Å². The Morgan fingerprint density at radius 2 is 2.17 bits per heavy atom. The van der Waals surface area contributed by atoms with Gasteiger partial charge in [0.15, 0.2) is 6.61 Å². The number of halogens is 1. The smallest absolute Gasteiger partial charge is 0.260 e. The van der Waals surface area contributed by atoms with Crippen LogP contribution < -0.4 is 4.74 Å². The zero-order valence-corrected chi connectivity index (χ0v) is 11.6. The molecular weight excluding hydrogens is 298 g/mol. The molecule has 2 rings (SSSR count). The lowest BCUT2D eigenvalue weighted by Crippen LogP contribution is -2.40. The van der Waals surface area contributed by atoms with Gasteiger partial charge < -0.3 is 14.7 Å². The van der Waals surface area contributed by atoms with Gasteiger partial charge >= 0.3 is 0 Å². The van der Waals surface area contributed by atoms with Crippen molar-refractivity contribution in [3.63, 3.8) is 0 Å². The van der Waals surface area contributed by atoms with Crippen molar-refractivity contribution < 1.29 is 14.6 Å². The van der Waals surface area contributed by atoms with Gasteiger partial charge in [-0.25, -0.2) is 0 Å². The van der Waals surface area contributed by atoms with E-state index in [2.05, 4.69) is 15.9 Å². The Morgan fingerprint density at radius 1 is 1.44 bits per heavy atom. The third-order valence-corrected chi connectivity index (χ3v) is 3.61. The maximum absolute atomic E-state index is 11.9. The van der Waals surface area contributed by atoms with Crippen molar-refractivity contribution in [1.82, 2.24) is 4.90 Å². The van der Waals surface area contributed by atoms with E-state index in [4.69, 9.17) is 9.84 Å². The van der Waals surface area contributed by atoms with Gasteiger partial charge in [0.25, 0.3) is 5.91 Å². The molecule has 0 spiro atoms. The van der Waals surface area contributed by atoms with Crippen LogP contribution in [-0.2, 0) is 4.79 Å². The zero-order valence-electron chi connectivity index (χ0n) is 10.0. The molecule has 1 aliphatic rings. The summed E-state index contributed by atoms with van der Waals surface area (Å²) in [6.45, 7) is 0.774. The number of nitrogens with zero attached hydrogens (tertiary/aromatic N) is 1. The van der Waals surface area contributed by atoms with Gasteiger partial charge in [-0.15, -0.1) is 0 Å². The van der Waals surface area contributed by atoms with Crippen LogP contribution >= 0.6 is 15.9 Å². The van der Waals surface area contributed by atoms with E-state index in [1.165, 1.54) is 0 Å². The van der Waals surface area contributed by atoms with Crippen LogP contribution in [0.3, 0.4) is 0 Å². The summed E-state index contributed by atoms with van der Waals surface area (Å²) in [7, 11) is 0. The van der Waals surface area contributed by atoms with Gasteiger partial charge in [-0.3, -0.25) is 4.79 Å². The first-order chi connectivity index (χ1) is 8.70. The normalized spacial score (nSPS) is 19.0. The number of likely N-dealkylation sites (tertiary alicyclic amines) is 1. The molecular formula is C13H16BrNO3. The quantitative estimate of drug-likeness (QED) is 0.922. The average Bonchev–Trinajstić information content (AvgIpc) is 2.86. The van der Waals surface area contributed by atoms with Crippen LogP contribution in [0.15, 0.2) is 28.7 Å². The second kappa shape index (κ2) is 6.20. The van der Waals surface area contributed by atoms with Crippen molar-refractivity contribution in [2.24, 2.45) is 0 Å². The van der Waals surface area contributed by atoms with Gasteiger partial charge in [0.05, 0.1) is 12.6 Å². The minimum absolute atomic E-state index is 0.0259. The summed E-state index contributed by atoms with van der Waals surface area (Å²) >= 11 is 3.34. The van der Waals surface area contributed by atoms with Gasteiger partial charge in [-0.05, 0) is 37.1 Å². The summed E-state index contributed by atoms with van der Waals surface area (Å²) in [5, 5.41) is 9.16. The molecule has 1 fully saturated rings. The Hall–Kier alpha value is -1.07. The van der Waals surface area contributed by atoms with Crippen molar-refractivity contribution in [2.45, 2.75) is 18.9 Å². The summed E-state index contributed by atoms with van der Waals surface area (Å²) in [6, 6.07) is 7.32. The van der Waals surface area contributed by atoms with Gasteiger partial charge in [-0.2, -0.15) is 0 Å². The third kappa shape index (κ3) is 3.23. The molecule has 0 unspecified atom stereocenters. The first-order valence-corrected chi connectivity index (χ1v) is 6.78. The lowest BCUT2D eigenvalue weighted by atomic mass is 10.2. The van der Waals surface area contributed by atoms with E-state index in [0.717, 1.165) is 17.3 Å². The fourth-order valence-electron chi connectivity index (χ4n) is 2.11. The lowest BCUT2D eigenvalue weighted by molar-refractivity contribution is -0.134. The van der Waals surface area contributed by atoms with E-state index in [0.29, 0.717) is 12.3 Å². The largest absolute Gasteiger partial charge is 0.484 e. The van der Waals surface area contributed by atoms with Crippen molar-refractivity contribution in [3.05, 3.63) is 28.7 Å².